The zero-order chi connectivity index (χ0) is 14.0. The van der Waals surface area contributed by atoms with Crippen LogP contribution in [0.2, 0.25) is 0 Å². The van der Waals surface area contributed by atoms with Crippen LogP contribution in [0.25, 0.3) is 0 Å². The van der Waals surface area contributed by atoms with Crippen LogP contribution in [0.4, 0.5) is 0 Å². The van der Waals surface area contributed by atoms with Gasteiger partial charge >= 0.3 is 0 Å². The van der Waals surface area contributed by atoms with Crippen molar-refractivity contribution in [3.63, 3.8) is 0 Å². The summed E-state index contributed by atoms with van der Waals surface area (Å²) in [5.41, 5.74) is 2.99. The number of hydrogen-bond acceptors (Lipinski definition) is 2. The molecule has 1 N–H and O–H groups in total. The lowest BCUT2D eigenvalue weighted by Gasteiger charge is -1.90. The number of allylic oxidation sites excluding steroid dienone is 4. The van der Waals surface area contributed by atoms with E-state index in [4.69, 9.17) is 10.4 Å². The molecule has 0 radical (unpaired) electrons. The van der Waals surface area contributed by atoms with Gasteiger partial charge in [0.25, 0.3) is 0 Å². The van der Waals surface area contributed by atoms with E-state index in [1.54, 1.807) is 6.92 Å². The lowest BCUT2D eigenvalue weighted by Crippen LogP contribution is -1.71. The molecule has 0 aliphatic heterocycles. The van der Waals surface area contributed by atoms with E-state index in [2.05, 4.69) is 44.7 Å². The summed E-state index contributed by atoms with van der Waals surface area (Å²) in [6, 6.07) is 10.3. The first-order valence-corrected chi connectivity index (χ1v) is 5.65. The second-order valence-corrected chi connectivity index (χ2v) is 3.84. The van der Waals surface area contributed by atoms with Crippen molar-refractivity contribution < 1.29 is 5.11 Å². The van der Waals surface area contributed by atoms with E-state index in [0.29, 0.717) is 5.57 Å². The van der Waals surface area contributed by atoms with Gasteiger partial charge in [-0.25, -0.2) is 0 Å². The molecule has 18 heavy (non-hydrogen) atoms. The molecule has 2 heteroatoms. The molecule has 0 aliphatic carbocycles. The van der Waals surface area contributed by atoms with Crippen LogP contribution >= 0.6 is 0 Å². The van der Waals surface area contributed by atoms with Crippen molar-refractivity contribution in [2.24, 2.45) is 0 Å². The Morgan fingerprint density at radius 3 is 1.94 bits per heavy atom. The van der Waals surface area contributed by atoms with Gasteiger partial charge in [0.15, 0.2) is 0 Å². The minimum atomic E-state index is 0.136. The SMILES string of the molecule is C=C(C#N)/C=C\C(O)=C/C.Cc1ccc(C)cc1. The first-order chi connectivity index (χ1) is 8.49. The molecule has 1 aromatic rings. The summed E-state index contributed by atoms with van der Waals surface area (Å²) in [7, 11) is 0. The summed E-state index contributed by atoms with van der Waals surface area (Å²) in [6.07, 6.45) is 4.40. The number of rotatable bonds is 2. The van der Waals surface area contributed by atoms with E-state index in [0.717, 1.165) is 0 Å². The van der Waals surface area contributed by atoms with Crippen LogP contribution in [0.15, 0.2) is 60.4 Å². The lowest BCUT2D eigenvalue weighted by atomic mass is 10.2. The zero-order valence-corrected chi connectivity index (χ0v) is 11.1. The highest BCUT2D eigenvalue weighted by Crippen LogP contribution is 1.99. The van der Waals surface area contributed by atoms with Crippen molar-refractivity contribution >= 4 is 0 Å². The average Bonchev–Trinajstić information content (AvgIpc) is 2.39. The molecule has 2 nitrogen and oxygen atoms in total. The summed E-state index contributed by atoms with van der Waals surface area (Å²) in [6.45, 7) is 9.29. The average molecular weight is 241 g/mol. The van der Waals surface area contributed by atoms with E-state index >= 15 is 0 Å². The number of nitrogens with zero attached hydrogens (tertiary/aromatic N) is 1. The number of aryl methyl sites for hydroxylation is 2. The number of aliphatic hydroxyl groups is 1. The Balaban J connectivity index is 0.000000327. The van der Waals surface area contributed by atoms with Gasteiger partial charge in [-0.3, -0.25) is 0 Å². The first kappa shape index (κ1) is 15.7. The second kappa shape index (κ2) is 8.83. The molecule has 94 valence electrons. The fourth-order valence-corrected chi connectivity index (χ4v) is 0.956. The summed E-state index contributed by atoms with van der Waals surface area (Å²) in [4.78, 5) is 0. The van der Waals surface area contributed by atoms with Crippen molar-refractivity contribution in [2.75, 3.05) is 0 Å². The number of benzene rings is 1. The third-order valence-electron chi connectivity index (χ3n) is 2.11. The van der Waals surface area contributed by atoms with E-state index in [1.165, 1.54) is 29.4 Å². The normalized spacial score (nSPS) is 10.4. The molecule has 0 saturated carbocycles. The van der Waals surface area contributed by atoms with E-state index < -0.39 is 0 Å². The maximum Gasteiger partial charge on any atom is 0.111 e. The van der Waals surface area contributed by atoms with E-state index in [9.17, 15) is 0 Å². The van der Waals surface area contributed by atoms with Crippen molar-refractivity contribution in [3.8, 4) is 6.07 Å². The van der Waals surface area contributed by atoms with Crippen LogP contribution in [0.1, 0.15) is 18.1 Å². The van der Waals surface area contributed by atoms with E-state index in [-0.39, 0.29) is 5.76 Å². The third kappa shape index (κ3) is 7.95. The summed E-state index contributed by atoms with van der Waals surface area (Å²) in [5, 5.41) is 17.0. The van der Waals surface area contributed by atoms with Crippen molar-refractivity contribution in [3.05, 3.63) is 71.5 Å². The van der Waals surface area contributed by atoms with Gasteiger partial charge in [0.05, 0.1) is 6.07 Å². The second-order valence-electron chi connectivity index (χ2n) is 3.84. The lowest BCUT2D eigenvalue weighted by molar-refractivity contribution is 0.431. The quantitative estimate of drug-likeness (QED) is 0.474. The van der Waals surface area contributed by atoms with Crippen molar-refractivity contribution in [1.29, 1.82) is 5.26 Å². The van der Waals surface area contributed by atoms with Crippen molar-refractivity contribution in [2.45, 2.75) is 20.8 Å². The predicted molar refractivity (Wildman–Crippen MR) is 76.2 cm³/mol. The first-order valence-electron chi connectivity index (χ1n) is 5.65. The fourth-order valence-electron chi connectivity index (χ4n) is 0.956. The van der Waals surface area contributed by atoms with Crippen LogP contribution in [0.3, 0.4) is 0 Å². The molecule has 0 heterocycles. The predicted octanol–water partition coefficient (Wildman–Crippen LogP) is 4.39. The molecule has 0 aromatic heterocycles. The summed E-state index contributed by atoms with van der Waals surface area (Å²) < 4.78 is 0. The molecule has 0 bridgehead atoms. The maximum absolute atomic E-state index is 8.83. The smallest absolute Gasteiger partial charge is 0.111 e. The highest BCUT2D eigenvalue weighted by Gasteiger charge is 1.82. The van der Waals surface area contributed by atoms with Gasteiger partial charge in [0.1, 0.15) is 5.76 Å². The van der Waals surface area contributed by atoms with Crippen LogP contribution < -0.4 is 0 Å². The van der Waals surface area contributed by atoms with Crippen LogP contribution in [0, 0.1) is 25.2 Å². The fraction of sp³-hybridized carbons (Fsp3) is 0.188. The minimum Gasteiger partial charge on any atom is -0.508 e. The molecule has 0 spiro atoms. The molecule has 0 fully saturated rings. The van der Waals surface area contributed by atoms with Gasteiger partial charge in [0.2, 0.25) is 0 Å². The van der Waals surface area contributed by atoms with Crippen LogP contribution in [-0.2, 0) is 0 Å². The summed E-state index contributed by atoms with van der Waals surface area (Å²) in [5.74, 6) is 0.136. The number of hydrogen-bond donors (Lipinski definition) is 1. The Morgan fingerprint density at radius 1 is 1.17 bits per heavy atom. The van der Waals surface area contributed by atoms with E-state index in [1.807, 2.05) is 6.07 Å². The van der Waals surface area contributed by atoms with Crippen LogP contribution in [0.5, 0.6) is 0 Å². The van der Waals surface area contributed by atoms with Gasteiger partial charge < -0.3 is 5.11 Å². The Bertz CT molecular complexity index is 452. The molecular formula is C16H19NO. The molecule has 1 aromatic carbocycles. The Labute approximate surface area is 109 Å². The van der Waals surface area contributed by atoms with Gasteiger partial charge in [-0.15, -0.1) is 0 Å². The highest BCUT2D eigenvalue weighted by molar-refractivity contribution is 5.32. The highest BCUT2D eigenvalue weighted by atomic mass is 16.3. The number of aliphatic hydroxyl groups excluding tert-OH is 1. The maximum atomic E-state index is 8.83. The topological polar surface area (TPSA) is 44.0 Å². The van der Waals surface area contributed by atoms with Gasteiger partial charge in [-0.2, -0.15) is 5.26 Å². The van der Waals surface area contributed by atoms with Crippen molar-refractivity contribution in [1.82, 2.24) is 0 Å². The molecule has 1 rings (SSSR count). The number of nitriles is 1. The molecule has 0 amide bonds. The molecular weight excluding hydrogens is 222 g/mol. The monoisotopic (exact) mass is 241 g/mol. The Morgan fingerprint density at radius 2 is 1.61 bits per heavy atom. The van der Waals surface area contributed by atoms with Gasteiger partial charge in [-0.1, -0.05) is 42.0 Å². The Hall–Kier alpha value is -2.27. The van der Waals surface area contributed by atoms with Gasteiger partial charge in [-0.05, 0) is 39.0 Å². The summed E-state index contributed by atoms with van der Waals surface area (Å²) >= 11 is 0. The zero-order valence-electron chi connectivity index (χ0n) is 11.1. The largest absolute Gasteiger partial charge is 0.508 e. The molecule has 0 saturated heterocycles. The minimum absolute atomic E-state index is 0.136. The van der Waals surface area contributed by atoms with Crippen LogP contribution in [-0.4, -0.2) is 5.11 Å². The van der Waals surface area contributed by atoms with Gasteiger partial charge in [0, 0.05) is 5.57 Å². The molecule has 0 unspecified atom stereocenters. The molecule has 0 atom stereocenters. The third-order valence-corrected chi connectivity index (χ3v) is 2.11. The molecule has 0 aliphatic rings. The standard InChI is InChI=1S/C8H9NO.C8H10/c1-3-8(10)5-4-7(2)6-9;1-7-3-5-8(2)6-4-7/h3-5,10H,2H2,1H3;3-6H,1-2H3/b5-4-,8-3+;. The Kier molecular flexibility index (Phi) is 7.72.